The molecule has 0 aromatic heterocycles. The van der Waals surface area contributed by atoms with E-state index in [4.69, 9.17) is 11.6 Å². The van der Waals surface area contributed by atoms with Gasteiger partial charge >= 0.3 is 0 Å². The number of benzene rings is 1. The molecule has 0 spiro atoms. The van der Waals surface area contributed by atoms with E-state index in [2.05, 4.69) is 4.90 Å². The molecule has 108 valence electrons. The first-order valence-corrected chi connectivity index (χ1v) is 7.79. The average Bonchev–Trinajstić information content (AvgIpc) is 3.32. The highest BCUT2D eigenvalue weighted by molar-refractivity contribution is 6.17. The van der Waals surface area contributed by atoms with Gasteiger partial charge in [0.05, 0.1) is 4.92 Å². The van der Waals surface area contributed by atoms with Gasteiger partial charge in [-0.2, -0.15) is 0 Å². The lowest BCUT2D eigenvalue weighted by molar-refractivity contribution is -0.384. The molecule has 2 saturated carbocycles. The summed E-state index contributed by atoms with van der Waals surface area (Å²) in [4.78, 5) is 13.3. The second-order valence-corrected chi connectivity index (χ2v) is 6.27. The Bertz CT molecular complexity index is 499. The molecule has 1 aromatic carbocycles. The van der Waals surface area contributed by atoms with Gasteiger partial charge in [-0.15, -0.1) is 11.6 Å². The minimum Gasteiger partial charge on any atom is -0.365 e. The lowest BCUT2D eigenvalue weighted by atomic mass is 10.1. The molecule has 20 heavy (non-hydrogen) atoms. The SMILES string of the molecule is O=[N+]([O-])c1cc(CCl)ccc1N(CC1CC1)CC1CC1. The highest BCUT2D eigenvalue weighted by Gasteiger charge is 2.32. The van der Waals surface area contributed by atoms with Gasteiger partial charge < -0.3 is 4.90 Å². The van der Waals surface area contributed by atoms with Crippen LogP contribution in [-0.4, -0.2) is 18.0 Å². The Morgan fingerprint density at radius 1 is 1.20 bits per heavy atom. The third-order valence-electron chi connectivity index (χ3n) is 4.08. The van der Waals surface area contributed by atoms with E-state index in [1.807, 2.05) is 12.1 Å². The van der Waals surface area contributed by atoms with Crippen LogP contribution in [-0.2, 0) is 5.88 Å². The summed E-state index contributed by atoms with van der Waals surface area (Å²) in [6, 6.07) is 5.40. The number of anilines is 1. The summed E-state index contributed by atoms with van der Waals surface area (Å²) < 4.78 is 0. The van der Waals surface area contributed by atoms with Crippen LogP contribution in [0.15, 0.2) is 18.2 Å². The number of hydrogen-bond donors (Lipinski definition) is 0. The van der Waals surface area contributed by atoms with Crippen LogP contribution in [0, 0.1) is 22.0 Å². The predicted molar refractivity (Wildman–Crippen MR) is 80.3 cm³/mol. The van der Waals surface area contributed by atoms with Crippen LogP contribution in [0.2, 0.25) is 0 Å². The summed E-state index contributed by atoms with van der Waals surface area (Å²) in [5.41, 5.74) is 1.77. The molecular weight excluding hydrogens is 276 g/mol. The lowest BCUT2D eigenvalue weighted by Crippen LogP contribution is -2.28. The highest BCUT2D eigenvalue weighted by atomic mass is 35.5. The molecule has 0 unspecified atom stereocenters. The van der Waals surface area contributed by atoms with Crippen LogP contribution < -0.4 is 4.90 Å². The first kappa shape index (κ1) is 13.7. The first-order chi connectivity index (χ1) is 9.67. The third-order valence-corrected chi connectivity index (χ3v) is 4.39. The van der Waals surface area contributed by atoms with Gasteiger partial charge in [-0.1, -0.05) is 6.07 Å². The summed E-state index contributed by atoms with van der Waals surface area (Å²) in [6.07, 6.45) is 5.03. The lowest BCUT2D eigenvalue weighted by Gasteiger charge is -2.24. The number of nitrogens with zero attached hydrogens (tertiary/aromatic N) is 2. The topological polar surface area (TPSA) is 46.4 Å². The molecule has 0 N–H and O–H groups in total. The van der Waals surface area contributed by atoms with Crippen LogP contribution in [0.3, 0.4) is 0 Å². The Hall–Kier alpha value is -1.29. The molecule has 4 nitrogen and oxygen atoms in total. The van der Waals surface area contributed by atoms with Gasteiger partial charge in [0.1, 0.15) is 5.69 Å². The van der Waals surface area contributed by atoms with Crippen LogP contribution in [0.4, 0.5) is 11.4 Å². The van der Waals surface area contributed by atoms with Gasteiger partial charge in [-0.3, -0.25) is 10.1 Å². The summed E-state index contributed by atoms with van der Waals surface area (Å²) >= 11 is 5.79. The molecule has 0 heterocycles. The van der Waals surface area contributed by atoms with E-state index in [0.29, 0.717) is 5.88 Å². The predicted octanol–water partition coefficient (Wildman–Crippen LogP) is 3.96. The van der Waals surface area contributed by atoms with Crippen LogP contribution in [0.5, 0.6) is 0 Å². The molecule has 0 atom stereocenters. The smallest absolute Gasteiger partial charge is 0.292 e. The Kier molecular flexibility index (Phi) is 3.83. The van der Waals surface area contributed by atoms with Crippen LogP contribution in [0.25, 0.3) is 0 Å². The van der Waals surface area contributed by atoms with E-state index in [9.17, 15) is 10.1 Å². The third kappa shape index (κ3) is 3.23. The summed E-state index contributed by atoms with van der Waals surface area (Å²) in [7, 11) is 0. The van der Waals surface area contributed by atoms with Crippen molar-refractivity contribution >= 4 is 23.0 Å². The van der Waals surface area contributed by atoms with Gasteiger partial charge in [-0.05, 0) is 49.1 Å². The minimum atomic E-state index is -0.280. The average molecular weight is 295 g/mol. The summed E-state index contributed by atoms with van der Waals surface area (Å²) in [5, 5.41) is 11.3. The molecule has 2 fully saturated rings. The molecule has 0 saturated heterocycles. The molecule has 0 aliphatic heterocycles. The van der Waals surface area contributed by atoms with E-state index in [-0.39, 0.29) is 10.6 Å². The molecule has 2 aliphatic rings. The fraction of sp³-hybridized carbons (Fsp3) is 0.600. The van der Waals surface area contributed by atoms with Gasteiger partial charge in [0.2, 0.25) is 0 Å². The zero-order valence-electron chi connectivity index (χ0n) is 11.4. The molecule has 3 rings (SSSR count). The molecule has 1 aromatic rings. The van der Waals surface area contributed by atoms with Crippen molar-refractivity contribution in [1.82, 2.24) is 0 Å². The second-order valence-electron chi connectivity index (χ2n) is 6.01. The maximum absolute atomic E-state index is 11.3. The van der Waals surface area contributed by atoms with E-state index < -0.39 is 0 Å². The summed E-state index contributed by atoms with van der Waals surface area (Å²) in [5.74, 6) is 1.76. The van der Waals surface area contributed by atoms with Gasteiger partial charge in [0.15, 0.2) is 0 Å². The van der Waals surface area contributed by atoms with Crippen LogP contribution >= 0.6 is 11.6 Å². The van der Waals surface area contributed by atoms with Crippen molar-refractivity contribution in [3.05, 3.63) is 33.9 Å². The maximum atomic E-state index is 11.3. The molecule has 0 radical (unpaired) electrons. The Morgan fingerprint density at radius 3 is 2.25 bits per heavy atom. The largest absolute Gasteiger partial charge is 0.365 e. The summed E-state index contributed by atoms with van der Waals surface area (Å²) in [6.45, 7) is 1.91. The number of hydrogen-bond acceptors (Lipinski definition) is 3. The number of halogens is 1. The van der Waals surface area contributed by atoms with Crippen molar-refractivity contribution in [2.24, 2.45) is 11.8 Å². The molecule has 0 amide bonds. The number of nitro benzene ring substituents is 1. The first-order valence-electron chi connectivity index (χ1n) is 7.25. The minimum absolute atomic E-state index is 0.199. The van der Waals surface area contributed by atoms with Crippen molar-refractivity contribution in [3.63, 3.8) is 0 Å². The quantitative estimate of drug-likeness (QED) is 0.434. The normalized spacial score (nSPS) is 18.1. The molecule has 2 aliphatic carbocycles. The van der Waals surface area contributed by atoms with Crippen molar-refractivity contribution in [2.75, 3.05) is 18.0 Å². The van der Waals surface area contributed by atoms with Crippen molar-refractivity contribution < 1.29 is 4.92 Å². The number of nitro groups is 1. The Balaban J connectivity index is 1.88. The molecular formula is C15H19ClN2O2. The van der Waals surface area contributed by atoms with Crippen LogP contribution in [0.1, 0.15) is 31.2 Å². The fourth-order valence-electron chi connectivity index (χ4n) is 2.56. The fourth-order valence-corrected chi connectivity index (χ4v) is 2.73. The van der Waals surface area contributed by atoms with Gasteiger partial charge in [0.25, 0.3) is 5.69 Å². The van der Waals surface area contributed by atoms with Crippen molar-refractivity contribution in [1.29, 1.82) is 0 Å². The van der Waals surface area contributed by atoms with E-state index in [0.717, 1.165) is 36.2 Å². The van der Waals surface area contributed by atoms with Crippen molar-refractivity contribution in [2.45, 2.75) is 31.6 Å². The van der Waals surface area contributed by atoms with E-state index in [1.165, 1.54) is 25.7 Å². The Labute approximate surface area is 123 Å². The molecule has 5 heteroatoms. The number of rotatable bonds is 7. The maximum Gasteiger partial charge on any atom is 0.292 e. The highest BCUT2D eigenvalue weighted by Crippen LogP contribution is 2.38. The Morgan fingerprint density at radius 2 is 1.80 bits per heavy atom. The second kappa shape index (κ2) is 5.60. The van der Waals surface area contributed by atoms with E-state index in [1.54, 1.807) is 6.07 Å². The number of alkyl halides is 1. The molecule has 0 bridgehead atoms. The van der Waals surface area contributed by atoms with Gasteiger partial charge in [-0.25, -0.2) is 0 Å². The van der Waals surface area contributed by atoms with Gasteiger partial charge in [0, 0.05) is 25.0 Å². The van der Waals surface area contributed by atoms with E-state index >= 15 is 0 Å². The monoisotopic (exact) mass is 294 g/mol. The zero-order valence-corrected chi connectivity index (χ0v) is 12.2. The zero-order chi connectivity index (χ0) is 14.1. The van der Waals surface area contributed by atoms with Crippen molar-refractivity contribution in [3.8, 4) is 0 Å². The standard InChI is InChI=1S/C15H19ClN2O2/c16-8-13-5-6-14(15(7-13)18(19)20)17(9-11-1-2-11)10-12-3-4-12/h5-7,11-12H,1-4,8-10H2.